The van der Waals surface area contributed by atoms with Gasteiger partial charge in [0.05, 0.1) is 0 Å². The van der Waals surface area contributed by atoms with Crippen molar-refractivity contribution in [3.63, 3.8) is 0 Å². The normalized spacial score (nSPS) is 12.0. The zero-order chi connectivity index (χ0) is 13.2. The first-order chi connectivity index (χ1) is 7.77. The molecule has 0 amide bonds. The Morgan fingerprint density at radius 1 is 1.35 bits per heavy atom. The molecule has 0 N–H and O–H groups in total. The highest BCUT2D eigenvalue weighted by Gasteiger charge is 2.23. The molecule has 0 aliphatic carbocycles. The lowest BCUT2D eigenvalue weighted by molar-refractivity contribution is 0.466. The molecule has 0 bridgehead atoms. The van der Waals surface area contributed by atoms with Gasteiger partial charge >= 0.3 is 0 Å². The Morgan fingerprint density at radius 2 is 1.94 bits per heavy atom. The molecule has 17 heavy (non-hydrogen) atoms. The van der Waals surface area contributed by atoms with Crippen molar-refractivity contribution >= 4 is 21.7 Å². The summed E-state index contributed by atoms with van der Waals surface area (Å²) in [5.74, 6) is 2.19. The van der Waals surface area contributed by atoms with Crippen LogP contribution in [0.1, 0.15) is 52.8 Å². The van der Waals surface area contributed by atoms with Gasteiger partial charge in [0.1, 0.15) is 16.2 Å². The van der Waals surface area contributed by atoms with Crippen LogP contribution in [-0.4, -0.2) is 22.6 Å². The van der Waals surface area contributed by atoms with Gasteiger partial charge in [-0.2, -0.15) is 0 Å². The van der Waals surface area contributed by atoms with Crippen molar-refractivity contribution in [1.82, 2.24) is 9.97 Å². The van der Waals surface area contributed by atoms with Crippen LogP contribution < -0.4 is 4.90 Å². The number of rotatable bonds is 4. The molecule has 1 heterocycles. The van der Waals surface area contributed by atoms with Gasteiger partial charge in [0.15, 0.2) is 0 Å². The molecule has 4 heteroatoms. The monoisotopic (exact) mass is 299 g/mol. The van der Waals surface area contributed by atoms with Crippen LogP contribution in [0.5, 0.6) is 0 Å². The molecular weight excluding hydrogens is 278 g/mol. The Labute approximate surface area is 113 Å². The van der Waals surface area contributed by atoms with Gasteiger partial charge in [-0.25, -0.2) is 9.97 Å². The maximum Gasteiger partial charge on any atom is 0.134 e. The molecule has 0 aliphatic heterocycles. The van der Waals surface area contributed by atoms with Crippen molar-refractivity contribution in [2.75, 3.05) is 11.9 Å². The predicted molar refractivity (Wildman–Crippen MR) is 76.6 cm³/mol. The van der Waals surface area contributed by atoms with Crippen LogP contribution in [0.4, 0.5) is 5.82 Å². The van der Waals surface area contributed by atoms with E-state index >= 15 is 0 Å². The van der Waals surface area contributed by atoms with Crippen molar-refractivity contribution in [1.29, 1.82) is 0 Å². The molecule has 1 aromatic heterocycles. The summed E-state index contributed by atoms with van der Waals surface area (Å²) in [6.45, 7) is 10.8. The first-order valence-electron chi connectivity index (χ1n) is 6.06. The SMILES string of the molecule is CCC(C)(C)N(C)c1cc(Br)nc(C(C)C)n1. The molecule has 0 radical (unpaired) electrons. The van der Waals surface area contributed by atoms with Crippen LogP contribution in [0.3, 0.4) is 0 Å². The molecule has 1 rings (SSSR count). The lowest BCUT2D eigenvalue weighted by atomic mass is 10.00. The average Bonchev–Trinajstić information content (AvgIpc) is 2.27. The fourth-order valence-electron chi connectivity index (χ4n) is 1.40. The predicted octanol–water partition coefficient (Wildman–Crippen LogP) is 3.99. The quantitative estimate of drug-likeness (QED) is 0.787. The Hall–Kier alpha value is -0.640. The molecule has 1 aromatic rings. The average molecular weight is 300 g/mol. The number of hydrogen-bond acceptors (Lipinski definition) is 3. The number of halogens is 1. The third-order valence-corrected chi connectivity index (χ3v) is 3.74. The van der Waals surface area contributed by atoms with Gasteiger partial charge in [-0.3, -0.25) is 0 Å². The standard InChI is InChI=1S/C13H22BrN3/c1-7-13(4,5)17(6)11-8-10(14)15-12(16-11)9(2)3/h8-9H,7H2,1-6H3. The van der Waals surface area contributed by atoms with Crippen molar-refractivity contribution in [2.45, 2.75) is 52.5 Å². The van der Waals surface area contributed by atoms with E-state index in [1.165, 1.54) is 0 Å². The Morgan fingerprint density at radius 3 is 2.41 bits per heavy atom. The van der Waals surface area contributed by atoms with E-state index in [1.807, 2.05) is 6.07 Å². The molecular formula is C13H22BrN3. The summed E-state index contributed by atoms with van der Waals surface area (Å²) in [6.07, 6.45) is 1.07. The highest BCUT2D eigenvalue weighted by Crippen LogP contribution is 2.26. The van der Waals surface area contributed by atoms with Gasteiger partial charge in [-0.1, -0.05) is 20.8 Å². The summed E-state index contributed by atoms with van der Waals surface area (Å²) in [6, 6.07) is 1.98. The largest absolute Gasteiger partial charge is 0.354 e. The molecule has 0 spiro atoms. The summed E-state index contributed by atoms with van der Waals surface area (Å²) in [5.41, 5.74) is 0.0992. The number of nitrogens with zero attached hydrogens (tertiary/aromatic N) is 3. The third kappa shape index (κ3) is 3.41. The van der Waals surface area contributed by atoms with Crippen LogP contribution in [0.25, 0.3) is 0 Å². The van der Waals surface area contributed by atoms with Gasteiger partial charge in [0, 0.05) is 24.6 Å². The highest BCUT2D eigenvalue weighted by molar-refractivity contribution is 9.10. The summed E-state index contributed by atoms with van der Waals surface area (Å²) in [7, 11) is 2.09. The third-order valence-electron chi connectivity index (χ3n) is 3.33. The first kappa shape index (κ1) is 14.4. The van der Waals surface area contributed by atoms with Crippen LogP contribution in [0.15, 0.2) is 10.7 Å². The van der Waals surface area contributed by atoms with Crippen molar-refractivity contribution in [2.24, 2.45) is 0 Å². The molecule has 0 saturated carbocycles. The fourth-order valence-corrected chi connectivity index (χ4v) is 1.79. The van der Waals surface area contributed by atoms with Gasteiger partial charge in [0.2, 0.25) is 0 Å². The number of hydrogen-bond donors (Lipinski definition) is 0. The summed E-state index contributed by atoms with van der Waals surface area (Å²) >= 11 is 3.46. The zero-order valence-corrected chi connectivity index (χ0v) is 13.2. The molecule has 3 nitrogen and oxygen atoms in total. The molecule has 0 atom stereocenters. The summed E-state index contributed by atoms with van der Waals surface area (Å²) < 4.78 is 0.852. The molecule has 0 fully saturated rings. The maximum absolute atomic E-state index is 4.63. The topological polar surface area (TPSA) is 29.0 Å². The Bertz CT molecular complexity index is 388. The lowest BCUT2D eigenvalue weighted by Crippen LogP contribution is -2.41. The van der Waals surface area contributed by atoms with Gasteiger partial charge in [-0.05, 0) is 36.2 Å². The van der Waals surface area contributed by atoms with E-state index in [0.717, 1.165) is 22.7 Å². The van der Waals surface area contributed by atoms with Gasteiger partial charge in [-0.15, -0.1) is 0 Å². The van der Waals surface area contributed by atoms with E-state index in [2.05, 4.69) is 72.5 Å². The van der Waals surface area contributed by atoms with Crippen LogP contribution in [0.2, 0.25) is 0 Å². The number of aromatic nitrogens is 2. The second kappa shape index (κ2) is 5.34. The van der Waals surface area contributed by atoms with Gasteiger partial charge < -0.3 is 4.90 Å². The van der Waals surface area contributed by atoms with E-state index in [4.69, 9.17) is 0 Å². The van der Waals surface area contributed by atoms with E-state index in [1.54, 1.807) is 0 Å². The smallest absolute Gasteiger partial charge is 0.134 e. The minimum atomic E-state index is 0.0992. The Balaban J connectivity index is 3.14. The van der Waals surface area contributed by atoms with E-state index in [0.29, 0.717) is 5.92 Å². The summed E-state index contributed by atoms with van der Waals surface area (Å²) in [4.78, 5) is 11.2. The van der Waals surface area contributed by atoms with Crippen LogP contribution in [0, 0.1) is 0 Å². The minimum absolute atomic E-state index is 0.0992. The Kier molecular flexibility index (Phi) is 4.53. The van der Waals surface area contributed by atoms with Crippen molar-refractivity contribution < 1.29 is 0 Å². The van der Waals surface area contributed by atoms with Gasteiger partial charge in [0.25, 0.3) is 0 Å². The zero-order valence-electron chi connectivity index (χ0n) is 11.6. The molecule has 0 aromatic carbocycles. The molecule has 0 aliphatic rings. The molecule has 0 unspecified atom stereocenters. The minimum Gasteiger partial charge on any atom is -0.354 e. The van der Waals surface area contributed by atoms with E-state index < -0.39 is 0 Å². The molecule has 96 valence electrons. The maximum atomic E-state index is 4.63. The first-order valence-corrected chi connectivity index (χ1v) is 6.85. The summed E-state index contributed by atoms with van der Waals surface area (Å²) in [5, 5.41) is 0. The van der Waals surface area contributed by atoms with E-state index in [-0.39, 0.29) is 5.54 Å². The van der Waals surface area contributed by atoms with Crippen molar-refractivity contribution in [3.05, 3.63) is 16.5 Å². The fraction of sp³-hybridized carbons (Fsp3) is 0.692. The second-order valence-electron chi connectivity index (χ2n) is 5.29. The molecule has 0 saturated heterocycles. The second-order valence-corrected chi connectivity index (χ2v) is 6.10. The lowest BCUT2D eigenvalue weighted by Gasteiger charge is -2.36. The van der Waals surface area contributed by atoms with Crippen molar-refractivity contribution in [3.8, 4) is 0 Å². The number of anilines is 1. The van der Waals surface area contributed by atoms with Crippen LogP contribution >= 0.6 is 15.9 Å². The van der Waals surface area contributed by atoms with Crippen LogP contribution in [-0.2, 0) is 0 Å². The van der Waals surface area contributed by atoms with E-state index in [9.17, 15) is 0 Å². The highest BCUT2D eigenvalue weighted by atomic mass is 79.9.